The molecule has 1 aliphatic heterocycles. The summed E-state index contributed by atoms with van der Waals surface area (Å²) in [5.41, 5.74) is 1.82. The van der Waals surface area contributed by atoms with Gasteiger partial charge in [0.25, 0.3) is 0 Å². The highest BCUT2D eigenvalue weighted by Gasteiger charge is 2.41. The van der Waals surface area contributed by atoms with Gasteiger partial charge in [-0.3, -0.25) is 19.4 Å². The second-order valence-electron chi connectivity index (χ2n) is 10.2. The van der Waals surface area contributed by atoms with Gasteiger partial charge in [0, 0.05) is 37.8 Å². The molecule has 1 unspecified atom stereocenters. The van der Waals surface area contributed by atoms with Crippen molar-refractivity contribution < 1.29 is 23.1 Å². The van der Waals surface area contributed by atoms with Crippen LogP contribution < -0.4 is 10.6 Å². The molecule has 1 aromatic carbocycles. The fourth-order valence-electron chi connectivity index (χ4n) is 5.35. The maximum absolute atomic E-state index is 13.2. The molecule has 5 rings (SSSR count). The number of hydrogen-bond acceptors (Lipinski definition) is 7. The largest absolute Gasteiger partial charge is 0.395 e. The van der Waals surface area contributed by atoms with Crippen LogP contribution in [0.4, 0.5) is 19.0 Å². The van der Waals surface area contributed by atoms with Crippen LogP contribution in [-0.2, 0) is 17.4 Å². The molecule has 3 N–H and O–H groups in total. The van der Waals surface area contributed by atoms with E-state index in [1.807, 2.05) is 0 Å². The van der Waals surface area contributed by atoms with Crippen LogP contribution in [0.5, 0.6) is 0 Å². The van der Waals surface area contributed by atoms with E-state index in [0.29, 0.717) is 35.6 Å². The number of likely N-dealkylation sites (tertiary alicyclic amines) is 1. The molecule has 2 fully saturated rings. The molecule has 8 nitrogen and oxygen atoms in total. The van der Waals surface area contributed by atoms with Gasteiger partial charge in [0.2, 0.25) is 5.91 Å². The quantitative estimate of drug-likeness (QED) is 0.426. The number of anilines is 1. The number of carbonyl (C=O) groups excluding carboxylic acids is 1. The monoisotopic (exact) mass is 536 g/mol. The Balaban J connectivity index is 1.11. The van der Waals surface area contributed by atoms with E-state index in [0.717, 1.165) is 37.7 Å². The Morgan fingerprint density at radius 2 is 2.03 bits per heavy atom. The van der Waals surface area contributed by atoms with E-state index >= 15 is 0 Å². The smallest absolute Gasteiger partial charge is 0.384 e. The van der Waals surface area contributed by atoms with E-state index in [4.69, 9.17) is 0 Å². The fraction of sp³-hybridized carbons (Fsp3) is 0.560. The zero-order chi connectivity index (χ0) is 26.4. The van der Waals surface area contributed by atoms with Crippen molar-refractivity contribution in [1.29, 1.82) is 0 Å². The molecule has 0 bridgehead atoms. The molecule has 1 amide bonds. The van der Waals surface area contributed by atoms with Crippen molar-refractivity contribution in [1.82, 2.24) is 25.0 Å². The molecule has 2 aromatic heterocycles. The highest BCUT2D eigenvalue weighted by atomic mass is 32.1. The van der Waals surface area contributed by atoms with Crippen LogP contribution in [0.1, 0.15) is 49.0 Å². The number of rotatable bonds is 7. The Kier molecular flexibility index (Phi) is 6.92. The summed E-state index contributed by atoms with van der Waals surface area (Å²) in [5, 5.41) is 21.8. The molecule has 37 heavy (non-hydrogen) atoms. The normalized spacial score (nSPS) is 24.1. The highest BCUT2D eigenvalue weighted by molar-refractivity contribution is 7.09. The number of thiazole rings is 1. The first-order chi connectivity index (χ1) is 17.5. The molecule has 200 valence electrons. The van der Waals surface area contributed by atoms with Crippen LogP contribution >= 0.6 is 11.3 Å². The maximum Gasteiger partial charge on any atom is 0.395 e. The summed E-state index contributed by atoms with van der Waals surface area (Å²) in [7, 11) is 1.72. The summed E-state index contributed by atoms with van der Waals surface area (Å²) in [6, 6.07) is 5.03. The number of aliphatic hydroxyl groups is 1. The first kappa shape index (κ1) is 25.9. The summed E-state index contributed by atoms with van der Waals surface area (Å²) in [5.74, 6) is -1.40. The third-order valence-corrected chi connectivity index (χ3v) is 8.71. The number of carbonyl (C=O) groups is 1. The summed E-state index contributed by atoms with van der Waals surface area (Å²) < 4.78 is 41.1. The SMILES string of the molecule is CC(c1ccc2c(c1)c(NCC(=O)NC1CN(C3CCC(O)(c4cncs4)CC3)C1)nn2C)C(F)(F)F. The number of hydrogen-bond donors (Lipinski definition) is 3. The second-order valence-corrected chi connectivity index (χ2v) is 11.1. The van der Waals surface area contributed by atoms with E-state index in [1.165, 1.54) is 23.5 Å². The van der Waals surface area contributed by atoms with Gasteiger partial charge >= 0.3 is 6.18 Å². The molecule has 2 aliphatic rings. The molecule has 0 radical (unpaired) electrons. The molecule has 3 aromatic rings. The number of benzene rings is 1. The van der Waals surface area contributed by atoms with Gasteiger partial charge < -0.3 is 15.7 Å². The van der Waals surface area contributed by atoms with Crippen molar-refractivity contribution in [2.24, 2.45) is 7.05 Å². The number of nitrogens with one attached hydrogen (secondary N) is 2. The minimum atomic E-state index is -4.33. The number of nitrogens with zero attached hydrogens (tertiary/aromatic N) is 4. The minimum absolute atomic E-state index is 0.0209. The predicted molar refractivity (Wildman–Crippen MR) is 135 cm³/mol. The Hall–Kier alpha value is -2.70. The molecule has 12 heteroatoms. The number of aromatic nitrogens is 3. The lowest BCUT2D eigenvalue weighted by atomic mass is 9.80. The zero-order valence-electron chi connectivity index (χ0n) is 20.8. The topological polar surface area (TPSA) is 95.3 Å². The number of aryl methyl sites for hydroxylation is 1. The highest BCUT2D eigenvalue weighted by Crippen LogP contribution is 2.41. The van der Waals surface area contributed by atoms with E-state index in [2.05, 4.69) is 25.6 Å². The Morgan fingerprint density at radius 1 is 1.30 bits per heavy atom. The van der Waals surface area contributed by atoms with Gasteiger partial charge in [-0.1, -0.05) is 6.07 Å². The lowest BCUT2D eigenvalue weighted by Crippen LogP contribution is -2.63. The number of amides is 1. The fourth-order valence-corrected chi connectivity index (χ4v) is 6.13. The Bertz CT molecular complexity index is 1250. The minimum Gasteiger partial charge on any atom is -0.384 e. The molecule has 1 saturated carbocycles. The van der Waals surface area contributed by atoms with Gasteiger partial charge in [-0.05, 0) is 50.3 Å². The maximum atomic E-state index is 13.2. The average Bonchev–Trinajstić information content (AvgIpc) is 3.48. The average molecular weight is 537 g/mol. The summed E-state index contributed by atoms with van der Waals surface area (Å²) >= 11 is 1.49. The van der Waals surface area contributed by atoms with Gasteiger partial charge in [0.15, 0.2) is 5.82 Å². The van der Waals surface area contributed by atoms with Crippen molar-refractivity contribution in [3.8, 4) is 0 Å². The predicted octanol–water partition coefficient (Wildman–Crippen LogP) is 3.74. The zero-order valence-corrected chi connectivity index (χ0v) is 21.6. The van der Waals surface area contributed by atoms with Crippen molar-refractivity contribution in [2.45, 2.75) is 62.4 Å². The van der Waals surface area contributed by atoms with Crippen LogP contribution in [0.15, 0.2) is 29.9 Å². The van der Waals surface area contributed by atoms with Crippen LogP contribution in [0.25, 0.3) is 10.9 Å². The standard InChI is InChI=1S/C25H31F3N6O2S/c1-15(25(26,27)28)16-3-4-20-19(9-16)23(32-33(20)2)30-11-22(35)31-17-12-34(13-17)18-5-7-24(36,8-6-18)21-10-29-14-37-21/h3-4,9-10,14-15,17-18,36H,5-8,11-13H2,1-2H3,(H,30,32)(H,31,35). The van der Waals surface area contributed by atoms with Crippen LogP contribution in [0, 0.1) is 0 Å². The first-order valence-corrected chi connectivity index (χ1v) is 13.3. The van der Waals surface area contributed by atoms with Gasteiger partial charge in [-0.2, -0.15) is 18.3 Å². The van der Waals surface area contributed by atoms with Gasteiger partial charge in [0.05, 0.1) is 34.4 Å². The summed E-state index contributed by atoms with van der Waals surface area (Å²) in [6.45, 7) is 2.64. The summed E-state index contributed by atoms with van der Waals surface area (Å²) in [4.78, 5) is 19.9. The van der Waals surface area contributed by atoms with Crippen molar-refractivity contribution >= 4 is 34.0 Å². The molecule has 1 aliphatic carbocycles. The van der Waals surface area contributed by atoms with Crippen LogP contribution in [0.2, 0.25) is 0 Å². The third kappa shape index (κ3) is 5.32. The lowest BCUT2D eigenvalue weighted by molar-refractivity contribution is -0.146. The van der Waals surface area contributed by atoms with Crippen LogP contribution in [-0.4, -0.2) is 68.6 Å². The Morgan fingerprint density at radius 3 is 2.68 bits per heavy atom. The van der Waals surface area contributed by atoms with Crippen LogP contribution in [0.3, 0.4) is 0 Å². The molecule has 3 heterocycles. The molecule has 1 saturated heterocycles. The number of halogens is 3. The van der Waals surface area contributed by atoms with E-state index in [1.54, 1.807) is 29.5 Å². The van der Waals surface area contributed by atoms with E-state index < -0.39 is 17.7 Å². The van der Waals surface area contributed by atoms with Gasteiger partial charge in [0.1, 0.15) is 5.60 Å². The second kappa shape index (κ2) is 9.88. The van der Waals surface area contributed by atoms with Crippen molar-refractivity contribution in [3.63, 3.8) is 0 Å². The van der Waals surface area contributed by atoms with E-state index in [9.17, 15) is 23.1 Å². The van der Waals surface area contributed by atoms with Gasteiger partial charge in [-0.25, -0.2) is 0 Å². The molecule has 0 spiro atoms. The number of fused-ring (bicyclic) bond motifs is 1. The first-order valence-electron chi connectivity index (χ1n) is 12.5. The molecular weight excluding hydrogens is 505 g/mol. The lowest BCUT2D eigenvalue weighted by Gasteiger charge is -2.48. The van der Waals surface area contributed by atoms with E-state index in [-0.39, 0.29) is 24.1 Å². The third-order valence-electron chi connectivity index (χ3n) is 7.75. The Labute approximate surface area is 216 Å². The van der Waals surface area contributed by atoms with Gasteiger partial charge in [-0.15, -0.1) is 11.3 Å². The van der Waals surface area contributed by atoms with Crippen molar-refractivity contribution in [2.75, 3.05) is 25.0 Å². The molecule has 1 atom stereocenters. The molecular formula is C25H31F3N6O2S. The number of alkyl halides is 3. The summed E-state index contributed by atoms with van der Waals surface area (Å²) in [6.07, 6.45) is 0.638. The van der Waals surface area contributed by atoms with Crippen molar-refractivity contribution in [3.05, 3.63) is 40.3 Å².